The molecule has 4 aromatic rings. The lowest BCUT2D eigenvalue weighted by Crippen LogP contribution is -2.48. The number of hydrogen-bond donors (Lipinski definition) is 3. The molecule has 0 unspecified atom stereocenters. The Hall–Kier alpha value is -3.20. The Bertz CT molecular complexity index is 1350. The minimum atomic E-state index is -0.682. The molecular weight excluding hydrogens is 461 g/mol. The van der Waals surface area contributed by atoms with Gasteiger partial charge in [0.15, 0.2) is 5.65 Å². The largest absolute Gasteiger partial charge is 0.364 e. The molecule has 0 bridgehead atoms. The average Bonchev–Trinajstić information content (AvgIpc) is 3.25. The fourth-order valence-corrected chi connectivity index (χ4v) is 4.67. The number of aromatic nitrogens is 4. The number of piperidine rings is 1. The van der Waals surface area contributed by atoms with E-state index in [4.69, 9.17) is 34.7 Å². The van der Waals surface area contributed by atoms with Crippen LogP contribution in [0.2, 0.25) is 10.0 Å². The van der Waals surface area contributed by atoms with Gasteiger partial charge in [0.25, 0.3) is 5.91 Å². The molecule has 8 nitrogen and oxygen atoms in total. The molecule has 2 aromatic carbocycles. The second-order valence-corrected chi connectivity index (χ2v) is 8.93. The van der Waals surface area contributed by atoms with E-state index in [1.54, 1.807) is 18.2 Å². The lowest BCUT2D eigenvalue weighted by Gasteiger charge is -2.39. The molecule has 0 aliphatic carbocycles. The topological polar surface area (TPSA) is 127 Å². The standard InChI is InChI=1S/C23H21Cl2N7O/c24-15-8-4-7-14(17(15)25)18-16-19(20(26)33)28-22(29-21(16)31-30-18)32-11-9-23(27,10-12-32)13-5-2-1-3-6-13/h1-8H,9-12,27H2,(H2,26,33)(H,28,29,30,31). The highest BCUT2D eigenvalue weighted by atomic mass is 35.5. The summed E-state index contributed by atoms with van der Waals surface area (Å²) in [5.74, 6) is -0.280. The summed E-state index contributed by atoms with van der Waals surface area (Å²) in [6.07, 6.45) is 1.44. The van der Waals surface area contributed by atoms with Crippen LogP contribution in [0.1, 0.15) is 28.9 Å². The molecule has 168 valence electrons. The van der Waals surface area contributed by atoms with Gasteiger partial charge in [-0.1, -0.05) is 65.7 Å². The zero-order valence-corrected chi connectivity index (χ0v) is 19.1. The van der Waals surface area contributed by atoms with Gasteiger partial charge in [-0.15, -0.1) is 0 Å². The Kier molecular flexibility index (Phi) is 5.44. The predicted octanol–water partition coefficient (Wildman–Crippen LogP) is 3.88. The van der Waals surface area contributed by atoms with E-state index in [-0.39, 0.29) is 5.69 Å². The fourth-order valence-electron chi connectivity index (χ4n) is 4.28. The Balaban J connectivity index is 1.51. The highest BCUT2D eigenvalue weighted by molar-refractivity contribution is 6.43. The number of aromatic amines is 1. The SMILES string of the molecule is NC(=O)c1nc(N2CCC(N)(c3ccccc3)CC2)nc2[nH]nc(-c3cccc(Cl)c3Cl)c12. The molecule has 10 heteroatoms. The first-order valence-corrected chi connectivity index (χ1v) is 11.2. The molecule has 0 atom stereocenters. The number of rotatable bonds is 4. The van der Waals surface area contributed by atoms with Gasteiger partial charge in [0.05, 0.1) is 15.4 Å². The summed E-state index contributed by atoms with van der Waals surface area (Å²) in [4.78, 5) is 23.5. The van der Waals surface area contributed by atoms with Gasteiger partial charge >= 0.3 is 0 Å². The maximum absolute atomic E-state index is 12.4. The van der Waals surface area contributed by atoms with Gasteiger partial charge < -0.3 is 16.4 Å². The van der Waals surface area contributed by atoms with Crippen molar-refractivity contribution in [3.05, 3.63) is 69.8 Å². The molecular formula is C23H21Cl2N7O. The number of benzene rings is 2. The van der Waals surface area contributed by atoms with Gasteiger partial charge in [0.2, 0.25) is 5.95 Å². The second kappa shape index (κ2) is 8.30. The first kappa shape index (κ1) is 21.6. The summed E-state index contributed by atoms with van der Waals surface area (Å²) in [5, 5.41) is 8.34. The summed E-state index contributed by atoms with van der Waals surface area (Å²) in [5.41, 5.74) is 14.5. The van der Waals surface area contributed by atoms with E-state index >= 15 is 0 Å². The van der Waals surface area contributed by atoms with Crippen molar-refractivity contribution in [2.75, 3.05) is 18.0 Å². The van der Waals surface area contributed by atoms with Crippen molar-refractivity contribution in [2.45, 2.75) is 18.4 Å². The fraction of sp³-hybridized carbons (Fsp3) is 0.217. The van der Waals surface area contributed by atoms with E-state index in [1.165, 1.54) is 0 Å². The van der Waals surface area contributed by atoms with E-state index in [9.17, 15) is 4.79 Å². The summed E-state index contributed by atoms with van der Waals surface area (Å²) in [6.45, 7) is 1.27. The summed E-state index contributed by atoms with van der Waals surface area (Å²) in [6, 6.07) is 15.3. The summed E-state index contributed by atoms with van der Waals surface area (Å²) in [7, 11) is 0. The van der Waals surface area contributed by atoms with Crippen LogP contribution in [0.5, 0.6) is 0 Å². The minimum Gasteiger partial charge on any atom is -0.364 e. The van der Waals surface area contributed by atoms with Gasteiger partial charge in [-0.2, -0.15) is 10.1 Å². The van der Waals surface area contributed by atoms with Crippen molar-refractivity contribution in [2.24, 2.45) is 11.5 Å². The molecule has 1 aliphatic rings. The quantitative estimate of drug-likeness (QED) is 0.405. The van der Waals surface area contributed by atoms with Crippen LogP contribution in [0, 0.1) is 0 Å². The number of fused-ring (bicyclic) bond motifs is 1. The number of nitrogens with two attached hydrogens (primary N) is 2. The van der Waals surface area contributed by atoms with Crippen molar-refractivity contribution in [1.29, 1.82) is 0 Å². The normalized spacial score (nSPS) is 15.7. The molecule has 33 heavy (non-hydrogen) atoms. The molecule has 3 heterocycles. The first-order valence-electron chi connectivity index (χ1n) is 10.5. The molecule has 1 saturated heterocycles. The molecule has 5 N–H and O–H groups in total. The number of primary amides is 1. The van der Waals surface area contributed by atoms with Crippen LogP contribution in [0.4, 0.5) is 5.95 Å². The number of carbonyl (C=O) groups excluding carboxylic acids is 1. The molecule has 5 rings (SSSR count). The van der Waals surface area contributed by atoms with Crippen molar-refractivity contribution in [3.8, 4) is 11.3 Å². The maximum Gasteiger partial charge on any atom is 0.268 e. The van der Waals surface area contributed by atoms with Crippen molar-refractivity contribution < 1.29 is 4.79 Å². The monoisotopic (exact) mass is 481 g/mol. The molecule has 0 radical (unpaired) electrons. The molecule has 1 fully saturated rings. The number of halogens is 2. The van der Waals surface area contributed by atoms with Gasteiger partial charge in [0, 0.05) is 24.2 Å². The van der Waals surface area contributed by atoms with Crippen molar-refractivity contribution >= 4 is 46.1 Å². The van der Waals surface area contributed by atoms with Gasteiger partial charge in [0.1, 0.15) is 11.4 Å². The predicted molar refractivity (Wildman–Crippen MR) is 129 cm³/mol. The Morgan fingerprint density at radius 2 is 1.76 bits per heavy atom. The van der Waals surface area contributed by atoms with Crippen LogP contribution in [-0.4, -0.2) is 39.2 Å². The molecule has 0 spiro atoms. The van der Waals surface area contributed by atoms with Crippen LogP contribution < -0.4 is 16.4 Å². The number of hydrogen-bond acceptors (Lipinski definition) is 6. The summed E-state index contributed by atoms with van der Waals surface area (Å²) >= 11 is 12.6. The van der Waals surface area contributed by atoms with Crippen LogP contribution >= 0.6 is 23.2 Å². The van der Waals surface area contributed by atoms with Gasteiger partial charge in [-0.05, 0) is 24.5 Å². The maximum atomic E-state index is 12.4. The van der Waals surface area contributed by atoms with Crippen LogP contribution in [0.3, 0.4) is 0 Å². The number of carbonyl (C=O) groups is 1. The zero-order chi connectivity index (χ0) is 23.2. The van der Waals surface area contributed by atoms with Crippen LogP contribution in [0.15, 0.2) is 48.5 Å². The Morgan fingerprint density at radius 3 is 2.45 bits per heavy atom. The number of nitrogens with one attached hydrogen (secondary N) is 1. The highest BCUT2D eigenvalue weighted by Gasteiger charge is 2.34. The first-order chi connectivity index (χ1) is 15.9. The van der Waals surface area contributed by atoms with Gasteiger partial charge in [-0.3, -0.25) is 9.89 Å². The minimum absolute atomic E-state index is 0.0717. The van der Waals surface area contributed by atoms with E-state index < -0.39 is 11.4 Å². The zero-order valence-electron chi connectivity index (χ0n) is 17.6. The molecule has 1 amide bonds. The second-order valence-electron chi connectivity index (χ2n) is 8.14. The van der Waals surface area contributed by atoms with Crippen molar-refractivity contribution in [1.82, 2.24) is 20.2 Å². The third-order valence-corrected chi connectivity index (χ3v) is 6.95. The third-order valence-electron chi connectivity index (χ3n) is 6.13. The van der Waals surface area contributed by atoms with Crippen LogP contribution in [0.25, 0.3) is 22.3 Å². The number of nitrogens with zero attached hydrogens (tertiary/aromatic N) is 4. The lowest BCUT2D eigenvalue weighted by molar-refractivity contribution is 0.0997. The number of anilines is 1. The van der Waals surface area contributed by atoms with E-state index in [1.807, 2.05) is 23.1 Å². The molecule has 0 saturated carbocycles. The lowest BCUT2D eigenvalue weighted by atomic mass is 9.82. The smallest absolute Gasteiger partial charge is 0.268 e. The van der Waals surface area contributed by atoms with E-state index in [0.717, 1.165) is 18.4 Å². The van der Waals surface area contributed by atoms with E-state index in [0.29, 0.717) is 51.4 Å². The number of H-pyrrole nitrogens is 1. The van der Waals surface area contributed by atoms with Crippen LogP contribution in [-0.2, 0) is 5.54 Å². The Labute approximate surface area is 199 Å². The third kappa shape index (κ3) is 3.80. The Morgan fingerprint density at radius 1 is 1.03 bits per heavy atom. The average molecular weight is 482 g/mol. The summed E-state index contributed by atoms with van der Waals surface area (Å²) < 4.78 is 0. The molecule has 2 aromatic heterocycles. The van der Waals surface area contributed by atoms with Crippen molar-refractivity contribution in [3.63, 3.8) is 0 Å². The number of amides is 1. The molecule has 1 aliphatic heterocycles. The van der Waals surface area contributed by atoms with E-state index in [2.05, 4.69) is 32.3 Å². The highest BCUT2D eigenvalue weighted by Crippen LogP contribution is 2.37. The van der Waals surface area contributed by atoms with Gasteiger partial charge in [-0.25, -0.2) is 4.98 Å².